The Morgan fingerprint density at radius 2 is 1.84 bits per heavy atom. The molecule has 3 rings (SSSR count). The topological polar surface area (TPSA) is 112 Å². The number of fused-ring (bicyclic) bond motifs is 4. The van der Waals surface area contributed by atoms with E-state index in [1.54, 1.807) is 12.2 Å². The van der Waals surface area contributed by atoms with Gasteiger partial charge in [-0.1, -0.05) is 103 Å². The zero-order chi connectivity index (χ0) is 36.0. The van der Waals surface area contributed by atoms with Gasteiger partial charge in [0, 0.05) is 36.7 Å². The van der Waals surface area contributed by atoms with Crippen LogP contribution in [0.4, 0.5) is 0 Å². The van der Waals surface area contributed by atoms with E-state index in [0.717, 1.165) is 31.3 Å². The van der Waals surface area contributed by atoms with E-state index in [9.17, 15) is 19.8 Å². The van der Waals surface area contributed by atoms with Crippen LogP contribution < -0.4 is 0 Å². The van der Waals surface area contributed by atoms with E-state index in [-0.39, 0.29) is 43.4 Å². The molecule has 0 saturated carbocycles. The monoisotopic (exact) mass is 682 g/mol. The van der Waals surface area contributed by atoms with Crippen molar-refractivity contribution in [2.45, 2.75) is 142 Å². The third-order valence-electron chi connectivity index (χ3n) is 9.98. The largest absolute Gasteiger partial charge is 0.459 e. The molecule has 0 aromatic rings. The van der Waals surface area contributed by atoms with Crippen molar-refractivity contribution in [3.8, 4) is 0 Å². The van der Waals surface area contributed by atoms with E-state index in [4.69, 9.17) is 18.9 Å². The van der Waals surface area contributed by atoms with Crippen LogP contribution in [0.25, 0.3) is 0 Å². The van der Waals surface area contributed by atoms with Crippen molar-refractivity contribution in [1.29, 1.82) is 0 Å². The van der Waals surface area contributed by atoms with Gasteiger partial charge in [0.05, 0.1) is 30.5 Å². The van der Waals surface area contributed by atoms with Gasteiger partial charge in [0.25, 0.3) is 0 Å². The number of aliphatic hydroxyl groups is 2. The lowest BCUT2D eigenvalue weighted by molar-refractivity contribution is -0.185. The number of allylic oxidation sites excluding steroid dienone is 5. The minimum Gasteiger partial charge on any atom is -0.459 e. The highest BCUT2D eigenvalue weighted by atomic mass is 16.6. The molecule has 8 heteroatoms. The Kier molecular flexibility index (Phi) is 16.7. The van der Waals surface area contributed by atoms with E-state index in [1.807, 2.05) is 38.2 Å². The van der Waals surface area contributed by atoms with Crippen molar-refractivity contribution in [2.75, 3.05) is 6.61 Å². The molecule has 0 aromatic carbocycles. The molecule has 49 heavy (non-hydrogen) atoms. The Labute approximate surface area is 295 Å². The molecule has 0 radical (unpaired) electrons. The molecule has 0 aromatic heterocycles. The van der Waals surface area contributed by atoms with Crippen LogP contribution in [-0.2, 0) is 28.5 Å². The Bertz CT molecular complexity index is 1210. The van der Waals surface area contributed by atoms with Crippen molar-refractivity contribution in [1.82, 2.24) is 0 Å². The zero-order valence-corrected chi connectivity index (χ0v) is 30.7. The first-order valence-electron chi connectivity index (χ1n) is 18.3. The minimum absolute atomic E-state index is 0.0164. The lowest BCUT2D eigenvalue weighted by atomic mass is 9.74. The van der Waals surface area contributed by atoms with Crippen LogP contribution in [0.3, 0.4) is 0 Å². The Balaban J connectivity index is 1.65. The number of ether oxygens (including phenoxy) is 4. The first-order valence-corrected chi connectivity index (χ1v) is 18.3. The number of hydrogen-bond acceptors (Lipinski definition) is 8. The van der Waals surface area contributed by atoms with Crippen LogP contribution in [0.2, 0.25) is 0 Å². The van der Waals surface area contributed by atoms with Gasteiger partial charge >= 0.3 is 11.9 Å². The van der Waals surface area contributed by atoms with Gasteiger partial charge in [-0.3, -0.25) is 0 Å². The summed E-state index contributed by atoms with van der Waals surface area (Å²) in [4.78, 5) is 25.3. The molecule has 3 aliphatic rings. The summed E-state index contributed by atoms with van der Waals surface area (Å²) in [5.74, 6) is -0.156. The second kappa shape index (κ2) is 20.2. The van der Waals surface area contributed by atoms with E-state index < -0.39 is 35.7 Å². The Morgan fingerprint density at radius 3 is 2.59 bits per heavy atom. The summed E-state index contributed by atoms with van der Waals surface area (Å²) >= 11 is 0. The SMILES string of the molecule is C=C(CCC(C)C)COC(=O)[C@H](O)C/C=C\C[C@@H]1O[C@@H]2/C=C/C/C=C/C(C)C[C@H]3O[C@@H](C/C=C/C=C/C(=O)O[C@H](C2)C1(C)C)C[C@H](O)[C@H]3C. The number of esters is 2. The van der Waals surface area contributed by atoms with Gasteiger partial charge in [0.1, 0.15) is 12.7 Å². The maximum atomic E-state index is 12.9. The summed E-state index contributed by atoms with van der Waals surface area (Å²) in [6.45, 7) is 16.7. The average molecular weight is 683 g/mol. The van der Waals surface area contributed by atoms with Crippen molar-refractivity contribution >= 4 is 11.9 Å². The fraction of sp³-hybridized carbons (Fsp3) is 0.659. The lowest BCUT2D eigenvalue weighted by Gasteiger charge is -2.46. The van der Waals surface area contributed by atoms with Crippen LogP contribution in [0, 0.1) is 23.2 Å². The van der Waals surface area contributed by atoms with Gasteiger partial charge in [-0.25, -0.2) is 9.59 Å². The molecule has 3 heterocycles. The Hall–Kier alpha value is -2.78. The second-order valence-electron chi connectivity index (χ2n) is 15.2. The normalized spacial score (nSPS) is 34.3. The van der Waals surface area contributed by atoms with Gasteiger partial charge < -0.3 is 29.2 Å². The molecule has 0 aliphatic carbocycles. The summed E-state index contributed by atoms with van der Waals surface area (Å²) in [6.07, 6.45) is 22.2. The summed E-state index contributed by atoms with van der Waals surface area (Å²) in [7, 11) is 0. The molecule has 2 saturated heterocycles. The first kappa shape index (κ1) is 40.6. The molecule has 1 unspecified atom stereocenters. The maximum absolute atomic E-state index is 12.9. The van der Waals surface area contributed by atoms with Crippen molar-refractivity contribution in [3.63, 3.8) is 0 Å². The predicted molar refractivity (Wildman–Crippen MR) is 194 cm³/mol. The van der Waals surface area contributed by atoms with E-state index in [2.05, 4.69) is 52.5 Å². The van der Waals surface area contributed by atoms with Crippen LogP contribution in [0.1, 0.15) is 99.3 Å². The quantitative estimate of drug-likeness (QED) is 0.180. The Morgan fingerprint density at radius 1 is 1.08 bits per heavy atom. The van der Waals surface area contributed by atoms with E-state index in [1.165, 1.54) is 6.08 Å². The molecule has 274 valence electrons. The van der Waals surface area contributed by atoms with Crippen molar-refractivity contribution in [3.05, 3.63) is 72.9 Å². The number of hydrogen-bond donors (Lipinski definition) is 2. The average Bonchev–Trinajstić information content (AvgIpc) is 3.04. The van der Waals surface area contributed by atoms with Crippen LogP contribution in [-0.4, -0.2) is 71.5 Å². The summed E-state index contributed by atoms with van der Waals surface area (Å²) in [5.41, 5.74) is 0.340. The molecule has 9 atom stereocenters. The molecule has 2 fully saturated rings. The zero-order valence-electron chi connectivity index (χ0n) is 30.7. The molecule has 4 bridgehead atoms. The van der Waals surface area contributed by atoms with E-state index >= 15 is 0 Å². The lowest BCUT2D eigenvalue weighted by Crippen LogP contribution is -2.51. The molecule has 3 aliphatic heterocycles. The van der Waals surface area contributed by atoms with Gasteiger partial charge in [-0.05, 0) is 55.9 Å². The molecular formula is C41H62O8. The second-order valence-corrected chi connectivity index (χ2v) is 15.2. The first-order chi connectivity index (χ1) is 23.3. The number of aliphatic hydroxyl groups excluding tert-OH is 2. The van der Waals surface area contributed by atoms with Crippen LogP contribution in [0.5, 0.6) is 0 Å². The highest BCUT2D eigenvalue weighted by Gasteiger charge is 2.46. The van der Waals surface area contributed by atoms with E-state index in [0.29, 0.717) is 37.5 Å². The maximum Gasteiger partial charge on any atom is 0.335 e. The fourth-order valence-corrected chi connectivity index (χ4v) is 6.49. The highest BCUT2D eigenvalue weighted by molar-refractivity contribution is 5.82. The fourth-order valence-electron chi connectivity index (χ4n) is 6.49. The van der Waals surface area contributed by atoms with Gasteiger partial charge in [-0.2, -0.15) is 0 Å². The molecular weight excluding hydrogens is 620 g/mol. The molecule has 0 amide bonds. The van der Waals surface area contributed by atoms with Crippen molar-refractivity contribution in [2.24, 2.45) is 23.2 Å². The number of carbonyl (C=O) groups is 2. The van der Waals surface area contributed by atoms with Gasteiger partial charge in [0.2, 0.25) is 0 Å². The van der Waals surface area contributed by atoms with Crippen LogP contribution >= 0.6 is 0 Å². The van der Waals surface area contributed by atoms with Gasteiger partial charge in [-0.15, -0.1) is 0 Å². The molecule has 0 spiro atoms. The predicted octanol–water partition coefficient (Wildman–Crippen LogP) is 7.51. The summed E-state index contributed by atoms with van der Waals surface area (Å²) < 4.78 is 24.2. The number of carbonyl (C=O) groups excluding carboxylic acids is 2. The molecule has 8 nitrogen and oxygen atoms in total. The minimum atomic E-state index is -1.26. The number of rotatable bonds is 10. The molecule has 2 N–H and O–H groups in total. The van der Waals surface area contributed by atoms with Crippen LogP contribution in [0.15, 0.2) is 72.9 Å². The summed E-state index contributed by atoms with van der Waals surface area (Å²) in [6, 6.07) is 0. The van der Waals surface area contributed by atoms with Gasteiger partial charge in [0.15, 0.2) is 6.10 Å². The standard InChI is InChI=1S/C41H62O8/c1-28(2)22-23-30(4)27-46-40(45)34(42)19-14-15-20-37-41(6,7)38-26-33(48-37)18-11-8-10-16-29(3)24-36-31(5)35(43)25-32(47-36)17-12-9-13-21-39(44)49-38/h9-16,18,21,28-29,31-38,42-43H,4,8,17,19-20,22-27H2,1-3,5-7H3/b12-9+,15-14-,16-10+,18-11+,21-13+/t29?,31-,32+,33-,34-,35+,36-,37+,38-/m1/s1. The summed E-state index contributed by atoms with van der Waals surface area (Å²) in [5, 5.41) is 21.0. The third kappa shape index (κ3) is 13.8. The third-order valence-corrected chi connectivity index (χ3v) is 9.98. The highest BCUT2D eigenvalue weighted by Crippen LogP contribution is 2.41. The van der Waals surface area contributed by atoms with Crippen molar-refractivity contribution < 1.29 is 38.7 Å². The smallest absolute Gasteiger partial charge is 0.335 e.